The Morgan fingerprint density at radius 1 is 1.39 bits per heavy atom. The highest BCUT2D eigenvalue weighted by Gasteiger charge is 2.10. The predicted molar refractivity (Wildman–Crippen MR) is 75.1 cm³/mol. The van der Waals surface area contributed by atoms with Crippen LogP contribution < -0.4 is 4.74 Å². The van der Waals surface area contributed by atoms with Crippen LogP contribution in [0, 0.1) is 0 Å². The van der Waals surface area contributed by atoms with Gasteiger partial charge < -0.3 is 9.47 Å². The molecule has 0 aliphatic carbocycles. The smallest absolute Gasteiger partial charge is 0.137 e. The third-order valence-electron chi connectivity index (χ3n) is 2.87. The SMILES string of the molecule is COc1ccc(Br)c(CC(=O)CCC(C)OC)c1. The van der Waals surface area contributed by atoms with E-state index < -0.39 is 0 Å². The normalized spacial score (nSPS) is 12.2. The van der Waals surface area contributed by atoms with Crippen molar-refractivity contribution in [2.45, 2.75) is 32.3 Å². The first-order valence-corrected chi connectivity index (χ1v) is 6.73. The van der Waals surface area contributed by atoms with Gasteiger partial charge in [0.15, 0.2) is 0 Å². The lowest BCUT2D eigenvalue weighted by Crippen LogP contribution is -2.10. The summed E-state index contributed by atoms with van der Waals surface area (Å²) in [6.07, 6.45) is 1.85. The fraction of sp³-hybridized carbons (Fsp3) is 0.500. The van der Waals surface area contributed by atoms with Crippen LogP contribution in [0.25, 0.3) is 0 Å². The first-order chi connectivity index (χ1) is 8.56. The molecule has 0 saturated carbocycles. The van der Waals surface area contributed by atoms with E-state index >= 15 is 0 Å². The zero-order valence-electron chi connectivity index (χ0n) is 11.0. The second-order valence-corrected chi connectivity index (χ2v) is 5.11. The molecule has 1 aromatic carbocycles. The molecule has 0 bridgehead atoms. The third kappa shape index (κ3) is 4.78. The summed E-state index contributed by atoms with van der Waals surface area (Å²) >= 11 is 3.45. The first-order valence-electron chi connectivity index (χ1n) is 5.93. The molecule has 0 radical (unpaired) electrons. The zero-order valence-corrected chi connectivity index (χ0v) is 12.6. The van der Waals surface area contributed by atoms with Crippen LogP contribution in [0.3, 0.4) is 0 Å². The summed E-state index contributed by atoms with van der Waals surface area (Å²) in [6, 6.07) is 5.66. The molecule has 1 atom stereocenters. The number of ketones is 1. The second-order valence-electron chi connectivity index (χ2n) is 4.26. The summed E-state index contributed by atoms with van der Waals surface area (Å²) in [4.78, 5) is 11.9. The number of rotatable bonds is 7. The number of carbonyl (C=O) groups is 1. The van der Waals surface area contributed by atoms with Crippen LogP contribution in [0.4, 0.5) is 0 Å². The average Bonchev–Trinajstić information content (AvgIpc) is 2.38. The standard InChI is InChI=1S/C14H19BrO3/c1-10(17-2)4-5-12(16)8-11-9-13(18-3)6-7-14(11)15/h6-7,9-10H,4-5,8H2,1-3H3. The lowest BCUT2D eigenvalue weighted by atomic mass is 10.0. The van der Waals surface area contributed by atoms with Gasteiger partial charge in [-0.2, -0.15) is 0 Å². The number of carbonyl (C=O) groups excluding carboxylic acids is 1. The van der Waals surface area contributed by atoms with Crippen molar-refractivity contribution in [3.05, 3.63) is 28.2 Å². The molecular weight excluding hydrogens is 296 g/mol. The minimum Gasteiger partial charge on any atom is -0.497 e. The highest BCUT2D eigenvalue weighted by atomic mass is 79.9. The van der Waals surface area contributed by atoms with Gasteiger partial charge in [-0.25, -0.2) is 0 Å². The van der Waals surface area contributed by atoms with Gasteiger partial charge in [-0.3, -0.25) is 4.79 Å². The van der Waals surface area contributed by atoms with E-state index in [-0.39, 0.29) is 11.9 Å². The Bertz CT molecular complexity index is 404. The molecule has 100 valence electrons. The van der Waals surface area contributed by atoms with Crippen molar-refractivity contribution in [2.75, 3.05) is 14.2 Å². The number of methoxy groups -OCH3 is 2. The van der Waals surface area contributed by atoms with Gasteiger partial charge in [0.1, 0.15) is 11.5 Å². The molecule has 1 unspecified atom stereocenters. The van der Waals surface area contributed by atoms with Gasteiger partial charge in [0.25, 0.3) is 0 Å². The number of hydrogen-bond donors (Lipinski definition) is 0. The van der Waals surface area contributed by atoms with E-state index in [2.05, 4.69) is 15.9 Å². The molecule has 0 heterocycles. The van der Waals surface area contributed by atoms with Crippen LogP contribution in [-0.4, -0.2) is 26.1 Å². The second kappa shape index (κ2) is 7.54. The topological polar surface area (TPSA) is 35.5 Å². The largest absolute Gasteiger partial charge is 0.497 e. The van der Waals surface area contributed by atoms with Gasteiger partial charge in [0.2, 0.25) is 0 Å². The lowest BCUT2D eigenvalue weighted by Gasteiger charge is -2.09. The van der Waals surface area contributed by atoms with E-state index in [1.54, 1.807) is 14.2 Å². The van der Waals surface area contributed by atoms with Crippen LogP contribution in [0.15, 0.2) is 22.7 Å². The van der Waals surface area contributed by atoms with Crippen molar-refractivity contribution in [1.82, 2.24) is 0 Å². The number of halogens is 1. The fourth-order valence-electron chi connectivity index (χ4n) is 1.60. The molecule has 0 aliphatic rings. The van der Waals surface area contributed by atoms with E-state index in [9.17, 15) is 4.79 Å². The van der Waals surface area contributed by atoms with Crippen molar-refractivity contribution < 1.29 is 14.3 Å². The monoisotopic (exact) mass is 314 g/mol. The van der Waals surface area contributed by atoms with Crippen molar-refractivity contribution in [2.24, 2.45) is 0 Å². The van der Waals surface area contributed by atoms with Crippen LogP contribution >= 0.6 is 15.9 Å². The summed E-state index contributed by atoms with van der Waals surface area (Å²) in [7, 11) is 3.28. The van der Waals surface area contributed by atoms with Crippen LogP contribution in [0.5, 0.6) is 5.75 Å². The van der Waals surface area contributed by atoms with E-state index in [1.807, 2.05) is 25.1 Å². The van der Waals surface area contributed by atoms with Gasteiger partial charge in [0.05, 0.1) is 13.2 Å². The molecular formula is C14H19BrO3. The van der Waals surface area contributed by atoms with Crippen molar-refractivity contribution >= 4 is 21.7 Å². The third-order valence-corrected chi connectivity index (χ3v) is 3.65. The summed E-state index contributed by atoms with van der Waals surface area (Å²) < 4.78 is 11.2. The number of hydrogen-bond acceptors (Lipinski definition) is 3. The molecule has 0 N–H and O–H groups in total. The maximum Gasteiger partial charge on any atom is 0.137 e. The van der Waals surface area contributed by atoms with E-state index in [0.29, 0.717) is 12.8 Å². The van der Waals surface area contributed by atoms with E-state index in [0.717, 1.165) is 22.2 Å². The first kappa shape index (κ1) is 15.2. The summed E-state index contributed by atoms with van der Waals surface area (Å²) in [5.74, 6) is 0.985. The Kier molecular flexibility index (Phi) is 6.36. The summed E-state index contributed by atoms with van der Waals surface area (Å²) in [5, 5.41) is 0. The Morgan fingerprint density at radius 2 is 2.11 bits per heavy atom. The molecule has 0 spiro atoms. The lowest BCUT2D eigenvalue weighted by molar-refractivity contribution is -0.119. The Morgan fingerprint density at radius 3 is 2.72 bits per heavy atom. The molecule has 0 saturated heterocycles. The molecule has 0 fully saturated rings. The maximum absolute atomic E-state index is 11.9. The Hall–Kier alpha value is -0.870. The Balaban J connectivity index is 2.58. The highest BCUT2D eigenvalue weighted by Crippen LogP contribution is 2.23. The van der Waals surface area contributed by atoms with Gasteiger partial charge in [-0.05, 0) is 37.1 Å². The number of benzene rings is 1. The van der Waals surface area contributed by atoms with Crippen molar-refractivity contribution in [3.63, 3.8) is 0 Å². The van der Waals surface area contributed by atoms with E-state index in [1.165, 1.54) is 0 Å². The van der Waals surface area contributed by atoms with Crippen molar-refractivity contribution in [1.29, 1.82) is 0 Å². The van der Waals surface area contributed by atoms with E-state index in [4.69, 9.17) is 9.47 Å². The number of ether oxygens (including phenoxy) is 2. The molecule has 0 aromatic heterocycles. The van der Waals surface area contributed by atoms with Gasteiger partial charge in [-0.15, -0.1) is 0 Å². The molecule has 0 amide bonds. The average molecular weight is 315 g/mol. The van der Waals surface area contributed by atoms with Gasteiger partial charge in [0, 0.05) is 24.4 Å². The highest BCUT2D eigenvalue weighted by molar-refractivity contribution is 9.10. The van der Waals surface area contributed by atoms with Crippen LogP contribution in [-0.2, 0) is 16.0 Å². The molecule has 3 nitrogen and oxygen atoms in total. The fourth-order valence-corrected chi connectivity index (χ4v) is 1.98. The molecule has 18 heavy (non-hydrogen) atoms. The quantitative estimate of drug-likeness (QED) is 0.774. The summed E-state index contributed by atoms with van der Waals surface area (Å²) in [5.41, 5.74) is 0.962. The number of Topliss-reactive ketones (excluding diaryl/α,β-unsaturated/α-hetero) is 1. The molecule has 0 aliphatic heterocycles. The van der Waals surface area contributed by atoms with Crippen molar-refractivity contribution in [3.8, 4) is 5.75 Å². The van der Waals surface area contributed by atoms with Crippen LogP contribution in [0.2, 0.25) is 0 Å². The zero-order chi connectivity index (χ0) is 13.5. The van der Waals surface area contributed by atoms with Crippen LogP contribution in [0.1, 0.15) is 25.3 Å². The van der Waals surface area contributed by atoms with Gasteiger partial charge >= 0.3 is 0 Å². The molecule has 1 rings (SSSR count). The predicted octanol–water partition coefficient (Wildman–Crippen LogP) is 3.38. The maximum atomic E-state index is 11.9. The van der Waals surface area contributed by atoms with Gasteiger partial charge in [-0.1, -0.05) is 15.9 Å². The molecule has 4 heteroatoms. The molecule has 1 aromatic rings. The minimum absolute atomic E-state index is 0.128. The summed E-state index contributed by atoms with van der Waals surface area (Å²) in [6.45, 7) is 1.97. The Labute approximate surface area is 117 Å². The minimum atomic E-state index is 0.128.